The van der Waals surface area contributed by atoms with Gasteiger partial charge in [-0.1, -0.05) is 18.2 Å². The van der Waals surface area contributed by atoms with Gasteiger partial charge in [-0.15, -0.1) is 0 Å². The van der Waals surface area contributed by atoms with Crippen molar-refractivity contribution in [3.8, 4) is 5.75 Å². The molecule has 1 N–H and O–H groups in total. The minimum atomic E-state index is -4.14. The van der Waals surface area contributed by atoms with Crippen molar-refractivity contribution in [1.29, 1.82) is 0 Å². The van der Waals surface area contributed by atoms with E-state index in [1.54, 1.807) is 0 Å². The Morgan fingerprint density at radius 1 is 1.26 bits per heavy atom. The van der Waals surface area contributed by atoms with E-state index in [0.717, 1.165) is 17.7 Å². The molecule has 1 unspecified atom stereocenters. The number of hydrogen-bond donors (Lipinski definition) is 1. The van der Waals surface area contributed by atoms with Crippen LogP contribution in [-0.2, 0) is 0 Å². The van der Waals surface area contributed by atoms with E-state index in [1.165, 1.54) is 0 Å². The largest absolute Gasteiger partial charge is 0.493 e. The molecular weight excluding hydrogens is 255 g/mol. The molecule has 19 heavy (non-hydrogen) atoms. The van der Waals surface area contributed by atoms with Crippen LogP contribution in [0.2, 0.25) is 0 Å². The molecule has 1 aliphatic carbocycles. The van der Waals surface area contributed by atoms with Gasteiger partial charge in [-0.05, 0) is 30.9 Å². The van der Waals surface area contributed by atoms with Gasteiger partial charge < -0.3 is 10.1 Å². The minimum absolute atomic E-state index is 0.102. The first kappa shape index (κ1) is 12.8. The first-order valence-corrected chi connectivity index (χ1v) is 6.55. The molecule has 2 nitrogen and oxygen atoms in total. The van der Waals surface area contributed by atoms with Gasteiger partial charge in [-0.25, -0.2) is 0 Å². The maximum atomic E-state index is 12.9. The van der Waals surface area contributed by atoms with Crippen LogP contribution in [-0.4, -0.2) is 24.9 Å². The Kier molecular flexibility index (Phi) is 2.96. The standard InChI is InChI=1S/C14H16F3NO/c15-14(16,17)13(6-7-13)18-9-10-5-8-19-12-4-2-1-3-11(10)12/h1-4,10,18H,5-9H2. The van der Waals surface area contributed by atoms with Crippen molar-refractivity contribution in [3.05, 3.63) is 29.8 Å². The highest BCUT2D eigenvalue weighted by Gasteiger charge is 2.63. The average molecular weight is 271 g/mol. The van der Waals surface area contributed by atoms with Crippen LogP contribution in [0.3, 0.4) is 0 Å². The Labute approximate surface area is 109 Å². The zero-order valence-electron chi connectivity index (χ0n) is 10.5. The van der Waals surface area contributed by atoms with Crippen LogP contribution in [0.4, 0.5) is 13.2 Å². The van der Waals surface area contributed by atoms with Crippen LogP contribution in [0.25, 0.3) is 0 Å². The summed E-state index contributed by atoms with van der Waals surface area (Å²) in [5.74, 6) is 0.905. The molecular formula is C14H16F3NO. The summed E-state index contributed by atoms with van der Waals surface area (Å²) in [7, 11) is 0. The van der Waals surface area contributed by atoms with Gasteiger partial charge in [-0.3, -0.25) is 0 Å². The molecule has 1 aromatic rings. The highest BCUT2D eigenvalue weighted by molar-refractivity contribution is 5.38. The topological polar surface area (TPSA) is 21.3 Å². The monoisotopic (exact) mass is 271 g/mol. The number of fused-ring (bicyclic) bond motifs is 1. The number of rotatable bonds is 3. The van der Waals surface area contributed by atoms with Crippen LogP contribution in [0.1, 0.15) is 30.7 Å². The second-order valence-electron chi connectivity index (χ2n) is 5.33. The highest BCUT2D eigenvalue weighted by Crippen LogP contribution is 2.49. The van der Waals surface area contributed by atoms with E-state index in [9.17, 15) is 13.2 Å². The smallest absolute Gasteiger partial charge is 0.406 e. The SMILES string of the molecule is FC(F)(F)C1(NCC2CCOc3ccccc32)CC1. The molecule has 0 radical (unpaired) electrons. The van der Waals surface area contributed by atoms with E-state index in [0.29, 0.717) is 13.2 Å². The Morgan fingerprint density at radius 2 is 2.00 bits per heavy atom. The van der Waals surface area contributed by atoms with Crippen molar-refractivity contribution in [2.45, 2.75) is 36.9 Å². The summed E-state index contributed by atoms with van der Waals surface area (Å²) in [5.41, 5.74) is -0.612. The fourth-order valence-corrected chi connectivity index (χ4v) is 2.63. The molecule has 0 aromatic heterocycles. The van der Waals surface area contributed by atoms with E-state index < -0.39 is 11.7 Å². The fourth-order valence-electron chi connectivity index (χ4n) is 2.63. The fraction of sp³-hybridized carbons (Fsp3) is 0.571. The van der Waals surface area contributed by atoms with E-state index >= 15 is 0 Å². The van der Waals surface area contributed by atoms with Crippen LogP contribution in [0, 0.1) is 0 Å². The summed E-state index contributed by atoms with van der Waals surface area (Å²) in [6, 6.07) is 7.59. The average Bonchev–Trinajstić information content (AvgIpc) is 3.17. The molecule has 1 aromatic carbocycles. The molecule has 1 heterocycles. The van der Waals surface area contributed by atoms with E-state index in [2.05, 4.69) is 5.32 Å². The second-order valence-corrected chi connectivity index (χ2v) is 5.33. The third-order valence-corrected chi connectivity index (χ3v) is 4.06. The second kappa shape index (κ2) is 4.40. The van der Waals surface area contributed by atoms with E-state index in [1.807, 2.05) is 24.3 Å². The summed E-state index contributed by atoms with van der Waals surface area (Å²) < 4.78 is 44.1. The normalized spacial score (nSPS) is 24.5. The summed E-state index contributed by atoms with van der Waals surface area (Å²) in [5, 5.41) is 2.74. The van der Waals surface area contributed by atoms with Gasteiger partial charge in [-0.2, -0.15) is 13.2 Å². The highest BCUT2D eigenvalue weighted by atomic mass is 19.4. The predicted octanol–water partition coefficient (Wildman–Crippen LogP) is 3.24. The van der Waals surface area contributed by atoms with Crippen molar-refractivity contribution in [3.63, 3.8) is 0 Å². The lowest BCUT2D eigenvalue weighted by Gasteiger charge is -2.29. The molecule has 5 heteroatoms. The summed E-state index contributed by atoms with van der Waals surface area (Å²) in [4.78, 5) is 0. The van der Waals surface area contributed by atoms with Crippen molar-refractivity contribution in [2.75, 3.05) is 13.2 Å². The third-order valence-electron chi connectivity index (χ3n) is 4.06. The van der Waals surface area contributed by atoms with Gasteiger partial charge in [0, 0.05) is 12.5 Å². The Balaban J connectivity index is 1.69. The lowest BCUT2D eigenvalue weighted by atomic mass is 9.93. The predicted molar refractivity (Wildman–Crippen MR) is 65.3 cm³/mol. The number of hydrogen-bond acceptors (Lipinski definition) is 2. The van der Waals surface area contributed by atoms with Crippen LogP contribution in [0.15, 0.2) is 24.3 Å². The zero-order chi connectivity index (χ0) is 13.5. The van der Waals surface area contributed by atoms with E-state index in [4.69, 9.17) is 4.74 Å². The molecule has 2 aliphatic rings. The Hall–Kier alpha value is -1.23. The molecule has 0 spiro atoms. The number of nitrogens with one attached hydrogen (secondary N) is 1. The summed E-state index contributed by atoms with van der Waals surface area (Å²) >= 11 is 0. The quantitative estimate of drug-likeness (QED) is 0.911. The number of halogens is 3. The minimum Gasteiger partial charge on any atom is -0.493 e. The van der Waals surface area contributed by atoms with Crippen LogP contribution >= 0.6 is 0 Å². The first-order valence-electron chi connectivity index (χ1n) is 6.55. The number of benzene rings is 1. The van der Waals surface area contributed by atoms with Crippen LogP contribution in [0.5, 0.6) is 5.75 Å². The third kappa shape index (κ3) is 2.31. The van der Waals surface area contributed by atoms with Crippen LogP contribution < -0.4 is 10.1 Å². The van der Waals surface area contributed by atoms with Gasteiger partial charge in [0.2, 0.25) is 0 Å². The van der Waals surface area contributed by atoms with Gasteiger partial charge in [0.05, 0.1) is 6.61 Å². The molecule has 1 atom stereocenters. The van der Waals surface area contributed by atoms with Gasteiger partial charge in [0.15, 0.2) is 0 Å². The number of alkyl halides is 3. The van der Waals surface area contributed by atoms with Crippen molar-refractivity contribution in [2.24, 2.45) is 0 Å². The number of ether oxygens (including phenoxy) is 1. The zero-order valence-corrected chi connectivity index (χ0v) is 10.5. The van der Waals surface area contributed by atoms with Crippen molar-refractivity contribution < 1.29 is 17.9 Å². The lowest BCUT2D eigenvalue weighted by Crippen LogP contribution is -2.46. The maximum absolute atomic E-state index is 12.9. The van der Waals surface area contributed by atoms with Gasteiger partial charge in [0.25, 0.3) is 0 Å². The van der Waals surface area contributed by atoms with Gasteiger partial charge >= 0.3 is 6.18 Å². The lowest BCUT2D eigenvalue weighted by molar-refractivity contribution is -0.166. The number of para-hydroxylation sites is 1. The molecule has 1 saturated carbocycles. The Bertz CT molecular complexity index is 468. The van der Waals surface area contributed by atoms with Crippen molar-refractivity contribution in [1.82, 2.24) is 5.32 Å². The molecule has 1 fully saturated rings. The van der Waals surface area contributed by atoms with Gasteiger partial charge in [0.1, 0.15) is 11.3 Å². The Morgan fingerprint density at radius 3 is 2.68 bits per heavy atom. The van der Waals surface area contributed by atoms with E-state index in [-0.39, 0.29) is 18.8 Å². The van der Waals surface area contributed by atoms with Crippen molar-refractivity contribution >= 4 is 0 Å². The molecule has 0 amide bonds. The molecule has 104 valence electrons. The molecule has 0 saturated heterocycles. The summed E-state index contributed by atoms with van der Waals surface area (Å²) in [6.45, 7) is 0.933. The maximum Gasteiger partial charge on any atom is 0.406 e. The summed E-state index contributed by atoms with van der Waals surface area (Å²) in [6.07, 6.45) is -2.99. The molecule has 3 rings (SSSR count). The molecule has 0 bridgehead atoms. The molecule has 1 aliphatic heterocycles. The first-order chi connectivity index (χ1) is 9.02.